The number of rotatable bonds is 6. The highest BCUT2D eigenvalue weighted by molar-refractivity contribution is 5.93. The first-order chi connectivity index (χ1) is 13.0. The van der Waals surface area contributed by atoms with Gasteiger partial charge in [-0.1, -0.05) is 12.1 Å². The van der Waals surface area contributed by atoms with Gasteiger partial charge in [0.15, 0.2) is 6.61 Å². The van der Waals surface area contributed by atoms with E-state index in [-0.39, 0.29) is 12.7 Å². The Labute approximate surface area is 156 Å². The molecule has 0 aliphatic carbocycles. The maximum absolute atomic E-state index is 12.0. The van der Waals surface area contributed by atoms with Gasteiger partial charge in [0.25, 0.3) is 0 Å². The van der Waals surface area contributed by atoms with Gasteiger partial charge in [-0.2, -0.15) is 0 Å². The SMILES string of the molecule is COc1ccc(-c2cc(=O)oc3cc(OCC(=O)OC(C)C)ccc23)cc1. The summed E-state index contributed by atoms with van der Waals surface area (Å²) in [6.07, 6.45) is -0.206. The smallest absolute Gasteiger partial charge is 0.344 e. The van der Waals surface area contributed by atoms with Crippen molar-refractivity contribution in [1.82, 2.24) is 0 Å². The molecular weight excluding hydrogens is 348 g/mol. The van der Waals surface area contributed by atoms with Crippen LogP contribution in [-0.4, -0.2) is 25.8 Å². The second-order valence-electron chi connectivity index (χ2n) is 6.19. The molecule has 6 heteroatoms. The molecule has 0 spiro atoms. The van der Waals surface area contributed by atoms with E-state index in [1.54, 1.807) is 39.2 Å². The van der Waals surface area contributed by atoms with Crippen molar-refractivity contribution in [3.63, 3.8) is 0 Å². The molecule has 0 saturated carbocycles. The summed E-state index contributed by atoms with van der Waals surface area (Å²) in [6, 6.07) is 14.0. The molecule has 0 unspecified atom stereocenters. The number of ether oxygens (including phenoxy) is 3. The molecule has 0 radical (unpaired) electrons. The van der Waals surface area contributed by atoms with Gasteiger partial charge < -0.3 is 18.6 Å². The highest BCUT2D eigenvalue weighted by Gasteiger charge is 2.11. The van der Waals surface area contributed by atoms with Crippen LogP contribution in [0.3, 0.4) is 0 Å². The van der Waals surface area contributed by atoms with Gasteiger partial charge in [0.1, 0.15) is 17.1 Å². The number of hydrogen-bond donors (Lipinski definition) is 0. The van der Waals surface area contributed by atoms with Gasteiger partial charge in [0.2, 0.25) is 0 Å². The van der Waals surface area contributed by atoms with Crippen molar-refractivity contribution in [2.45, 2.75) is 20.0 Å². The van der Waals surface area contributed by atoms with E-state index in [0.717, 1.165) is 22.3 Å². The van der Waals surface area contributed by atoms with Crippen LogP contribution in [0.2, 0.25) is 0 Å². The second kappa shape index (κ2) is 7.95. The molecule has 0 aliphatic rings. The Hall–Kier alpha value is -3.28. The number of carbonyl (C=O) groups excluding carboxylic acids is 1. The Balaban J connectivity index is 1.91. The molecule has 1 aromatic heterocycles. The van der Waals surface area contributed by atoms with E-state index < -0.39 is 11.6 Å². The van der Waals surface area contributed by atoms with Crippen molar-refractivity contribution in [1.29, 1.82) is 0 Å². The van der Waals surface area contributed by atoms with E-state index in [1.807, 2.05) is 24.3 Å². The Morgan fingerprint density at radius 2 is 1.74 bits per heavy atom. The summed E-state index contributed by atoms with van der Waals surface area (Å²) in [4.78, 5) is 23.6. The van der Waals surface area contributed by atoms with Crippen molar-refractivity contribution in [3.05, 3.63) is 59.0 Å². The maximum Gasteiger partial charge on any atom is 0.344 e. The van der Waals surface area contributed by atoms with Crippen LogP contribution in [0.25, 0.3) is 22.1 Å². The lowest BCUT2D eigenvalue weighted by molar-refractivity contribution is -0.149. The number of benzene rings is 2. The monoisotopic (exact) mass is 368 g/mol. The lowest BCUT2D eigenvalue weighted by atomic mass is 10.0. The van der Waals surface area contributed by atoms with E-state index >= 15 is 0 Å². The Kier molecular flexibility index (Phi) is 5.45. The lowest BCUT2D eigenvalue weighted by Gasteiger charge is -2.10. The molecule has 0 amide bonds. The van der Waals surface area contributed by atoms with Gasteiger partial charge in [-0.25, -0.2) is 9.59 Å². The minimum atomic E-state index is -0.468. The molecule has 3 aromatic rings. The van der Waals surface area contributed by atoms with Gasteiger partial charge in [-0.3, -0.25) is 0 Å². The van der Waals surface area contributed by atoms with Crippen LogP contribution in [0.1, 0.15) is 13.8 Å². The zero-order chi connectivity index (χ0) is 19.4. The molecule has 6 nitrogen and oxygen atoms in total. The molecule has 140 valence electrons. The first-order valence-corrected chi connectivity index (χ1v) is 8.51. The van der Waals surface area contributed by atoms with Crippen LogP contribution < -0.4 is 15.1 Å². The maximum atomic E-state index is 12.0. The van der Waals surface area contributed by atoms with Crippen LogP contribution in [0.15, 0.2) is 57.7 Å². The molecule has 0 bridgehead atoms. The molecule has 2 aromatic carbocycles. The summed E-state index contributed by atoms with van der Waals surface area (Å²) < 4.78 is 20.9. The van der Waals surface area contributed by atoms with Crippen LogP contribution in [0.5, 0.6) is 11.5 Å². The van der Waals surface area contributed by atoms with Gasteiger partial charge >= 0.3 is 11.6 Å². The Bertz CT molecular complexity index is 1000. The van der Waals surface area contributed by atoms with Crippen LogP contribution in [0, 0.1) is 0 Å². The van der Waals surface area contributed by atoms with E-state index in [9.17, 15) is 9.59 Å². The van der Waals surface area contributed by atoms with Crippen LogP contribution in [0.4, 0.5) is 0 Å². The molecule has 27 heavy (non-hydrogen) atoms. The van der Waals surface area contributed by atoms with Gasteiger partial charge in [-0.15, -0.1) is 0 Å². The lowest BCUT2D eigenvalue weighted by Crippen LogP contribution is -2.18. The number of esters is 1. The Morgan fingerprint density at radius 1 is 1.04 bits per heavy atom. The number of methoxy groups -OCH3 is 1. The number of hydrogen-bond acceptors (Lipinski definition) is 6. The van der Waals surface area contributed by atoms with Crippen molar-refractivity contribution in [2.24, 2.45) is 0 Å². The summed E-state index contributed by atoms with van der Waals surface area (Å²) in [5.74, 6) is 0.687. The van der Waals surface area contributed by atoms with Gasteiger partial charge in [0, 0.05) is 17.5 Å². The fourth-order valence-electron chi connectivity index (χ4n) is 2.68. The molecule has 0 saturated heterocycles. The minimum Gasteiger partial charge on any atom is -0.497 e. The molecule has 3 rings (SSSR count). The third-order valence-electron chi connectivity index (χ3n) is 3.84. The van der Waals surface area contributed by atoms with E-state index in [2.05, 4.69) is 0 Å². The summed E-state index contributed by atoms with van der Waals surface area (Å²) in [5.41, 5.74) is 1.52. The fraction of sp³-hybridized carbons (Fsp3) is 0.238. The number of carbonyl (C=O) groups is 1. The summed E-state index contributed by atoms with van der Waals surface area (Å²) in [7, 11) is 1.60. The van der Waals surface area contributed by atoms with Gasteiger partial charge in [-0.05, 0) is 49.2 Å². The molecule has 0 fully saturated rings. The minimum absolute atomic E-state index is 0.206. The molecule has 1 heterocycles. The zero-order valence-corrected chi connectivity index (χ0v) is 15.4. The normalized spacial score (nSPS) is 10.8. The standard InChI is InChI=1S/C21H20O6/c1-13(2)26-21(23)12-25-16-8-9-17-18(11-20(22)27-19(17)10-16)14-4-6-15(24-3)7-5-14/h4-11,13H,12H2,1-3H3. The topological polar surface area (TPSA) is 75.0 Å². The highest BCUT2D eigenvalue weighted by Crippen LogP contribution is 2.30. The quantitative estimate of drug-likeness (QED) is 0.487. The van der Waals surface area contributed by atoms with Crippen molar-refractivity contribution < 1.29 is 23.4 Å². The summed E-state index contributed by atoms with van der Waals surface area (Å²) in [5, 5.41) is 0.761. The predicted octanol–water partition coefficient (Wildman–Crippen LogP) is 3.80. The fourth-order valence-corrected chi connectivity index (χ4v) is 2.68. The first-order valence-electron chi connectivity index (χ1n) is 8.51. The van der Waals surface area contributed by atoms with Crippen molar-refractivity contribution in [2.75, 3.05) is 13.7 Å². The molecular formula is C21H20O6. The van der Waals surface area contributed by atoms with Crippen LogP contribution >= 0.6 is 0 Å². The van der Waals surface area contributed by atoms with Crippen molar-refractivity contribution in [3.8, 4) is 22.6 Å². The molecule has 0 aliphatic heterocycles. The summed E-state index contributed by atoms with van der Waals surface area (Å²) >= 11 is 0. The average Bonchev–Trinajstić information content (AvgIpc) is 2.65. The first kappa shape index (κ1) is 18.5. The predicted molar refractivity (Wildman–Crippen MR) is 101 cm³/mol. The number of fused-ring (bicyclic) bond motifs is 1. The molecule has 0 atom stereocenters. The average molecular weight is 368 g/mol. The van der Waals surface area contributed by atoms with Gasteiger partial charge in [0.05, 0.1) is 13.2 Å². The van der Waals surface area contributed by atoms with E-state index in [1.165, 1.54) is 6.07 Å². The zero-order valence-electron chi connectivity index (χ0n) is 15.4. The largest absolute Gasteiger partial charge is 0.497 e. The van der Waals surface area contributed by atoms with Crippen molar-refractivity contribution >= 4 is 16.9 Å². The third kappa shape index (κ3) is 4.47. The van der Waals surface area contributed by atoms with E-state index in [4.69, 9.17) is 18.6 Å². The second-order valence-corrected chi connectivity index (χ2v) is 6.19. The highest BCUT2D eigenvalue weighted by atomic mass is 16.6. The van der Waals surface area contributed by atoms with Crippen LogP contribution in [-0.2, 0) is 9.53 Å². The van der Waals surface area contributed by atoms with E-state index in [0.29, 0.717) is 11.3 Å². The Morgan fingerprint density at radius 3 is 2.41 bits per heavy atom. The third-order valence-corrected chi connectivity index (χ3v) is 3.84. The molecule has 0 N–H and O–H groups in total. The summed E-state index contributed by atoms with van der Waals surface area (Å²) in [6.45, 7) is 3.32.